The van der Waals surface area contributed by atoms with E-state index in [0.717, 1.165) is 11.1 Å². The van der Waals surface area contributed by atoms with Gasteiger partial charge in [-0.2, -0.15) is 0 Å². The van der Waals surface area contributed by atoms with Gasteiger partial charge in [-0.1, -0.05) is 60.7 Å². The van der Waals surface area contributed by atoms with Crippen molar-refractivity contribution in [2.24, 2.45) is 0 Å². The summed E-state index contributed by atoms with van der Waals surface area (Å²) >= 11 is 0. The first-order valence-corrected chi connectivity index (χ1v) is 12.1. The van der Waals surface area contributed by atoms with Crippen LogP contribution in [-0.2, 0) is 41.8 Å². The molecule has 0 aliphatic carbocycles. The Bertz CT molecular complexity index is 795. The molecule has 6 nitrogen and oxygen atoms in total. The van der Waals surface area contributed by atoms with Gasteiger partial charge in [0.25, 0.3) is 0 Å². The fraction of sp³-hybridized carbons (Fsp3) is 0.500. The van der Waals surface area contributed by atoms with Gasteiger partial charge >= 0.3 is 0 Å². The number of rotatable bonds is 8. The second kappa shape index (κ2) is 14.1. The van der Waals surface area contributed by atoms with Crippen LogP contribution in [0.25, 0.3) is 0 Å². The number of hydrogen-bond donors (Lipinski definition) is 0. The second-order valence-electron chi connectivity index (χ2n) is 9.03. The number of ketones is 2. The Kier molecular flexibility index (Phi) is 10.9. The van der Waals surface area contributed by atoms with Gasteiger partial charge in [-0.05, 0) is 25.0 Å². The van der Waals surface area contributed by atoms with Crippen molar-refractivity contribution in [2.45, 2.75) is 77.2 Å². The second-order valence-corrected chi connectivity index (χ2v) is 9.03. The summed E-state index contributed by atoms with van der Waals surface area (Å²) in [7, 11) is 0. The van der Waals surface area contributed by atoms with Gasteiger partial charge in [0, 0.05) is 25.7 Å². The van der Waals surface area contributed by atoms with Crippen molar-refractivity contribution in [3.8, 4) is 0 Å². The van der Waals surface area contributed by atoms with E-state index < -0.39 is 0 Å². The summed E-state index contributed by atoms with van der Waals surface area (Å²) in [6.45, 7) is 5.99. The Balaban J connectivity index is 0.000000191. The number of hydrogen-bond acceptors (Lipinski definition) is 6. The number of Topliss-reactive ketones (excluding diaryl/α,β-unsaturated/α-hetero) is 2. The molecular weight excluding hydrogens is 432 g/mol. The SMILES string of the molecule is CC1CC(=O)CC(COCc2ccccc2)O1.CC1CC(=O)CC(COCc2ccccc2)O1. The zero-order valence-electron chi connectivity index (χ0n) is 20.2. The van der Waals surface area contributed by atoms with E-state index in [1.165, 1.54) is 0 Å². The van der Waals surface area contributed by atoms with Crippen molar-refractivity contribution in [3.63, 3.8) is 0 Å². The summed E-state index contributed by atoms with van der Waals surface area (Å²) in [6.07, 6.45) is 1.95. The van der Waals surface area contributed by atoms with Crippen LogP contribution in [0.5, 0.6) is 0 Å². The topological polar surface area (TPSA) is 71.1 Å². The van der Waals surface area contributed by atoms with Crippen molar-refractivity contribution in [3.05, 3.63) is 71.8 Å². The highest BCUT2D eigenvalue weighted by atomic mass is 16.5. The van der Waals surface area contributed by atoms with E-state index in [9.17, 15) is 9.59 Å². The highest BCUT2D eigenvalue weighted by molar-refractivity contribution is 5.80. The minimum absolute atomic E-state index is 0.0292. The van der Waals surface area contributed by atoms with Crippen molar-refractivity contribution in [1.29, 1.82) is 0 Å². The molecule has 0 bridgehead atoms. The van der Waals surface area contributed by atoms with Crippen molar-refractivity contribution >= 4 is 11.6 Å². The lowest BCUT2D eigenvalue weighted by Gasteiger charge is -2.26. The molecule has 2 heterocycles. The molecule has 4 unspecified atom stereocenters. The summed E-state index contributed by atoms with van der Waals surface area (Å²) in [5.41, 5.74) is 2.28. The van der Waals surface area contributed by atoms with Gasteiger partial charge in [0.05, 0.1) is 50.8 Å². The summed E-state index contributed by atoms with van der Waals surface area (Å²) in [5, 5.41) is 0. The lowest BCUT2D eigenvalue weighted by molar-refractivity contribution is -0.140. The molecule has 4 rings (SSSR count). The van der Waals surface area contributed by atoms with Crippen LogP contribution in [0, 0.1) is 0 Å². The first-order chi connectivity index (χ1) is 16.5. The van der Waals surface area contributed by atoms with E-state index in [2.05, 4.69) is 0 Å². The monoisotopic (exact) mass is 468 g/mol. The number of carbonyl (C=O) groups is 2. The zero-order valence-corrected chi connectivity index (χ0v) is 20.2. The van der Waals surface area contributed by atoms with Crippen LogP contribution in [0.4, 0.5) is 0 Å². The van der Waals surface area contributed by atoms with Crippen LogP contribution < -0.4 is 0 Å². The van der Waals surface area contributed by atoms with Gasteiger partial charge < -0.3 is 18.9 Å². The lowest BCUT2D eigenvalue weighted by Crippen LogP contribution is -2.34. The van der Waals surface area contributed by atoms with E-state index in [1.54, 1.807) is 0 Å². The first-order valence-electron chi connectivity index (χ1n) is 12.1. The molecule has 0 N–H and O–H groups in total. The molecule has 6 heteroatoms. The minimum atomic E-state index is -0.0741. The average molecular weight is 469 g/mol. The molecule has 2 aromatic carbocycles. The van der Waals surface area contributed by atoms with Crippen LogP contribution in [0.1, 0.15) is 50.7 Å². The third-order valence-electron chi connectivity index (χ3n) is 5.62. The Hall–Kier alpha value is -2.38. The van der Waals surface area contributed by atoms with Gasteiger partial charge in [-0.15, -0.1) is 0 Å². The van der Waals surface area contributed by atoms with Crippen molar-refractivity contribution in [2.75, 3.05) is 13.2 Å². The molecule has 0 aromatic heterocycles. The summed E-state index contributed by atoms with van der Waals surface area (Å²) in [5.74, 6) is 0.550. The van der Waals surface area contributed by atoms with Gasteiger partial charge in [0.15, 0.2) is 0 Å². The number of carbonyl (C=O) groups excluding carboxylic acids is 2. The Labute approximate surface area is 202 Å². The fourth-order valence-corrected chi connectivity index (χ4v) is 4.13. The smallest absolute Gasteiger partial charge is 0.138 e. The van der Waals surface area contributed by atoms with E-state index in [1.807, 2.05) is 74.5 Å². The summed E-state index contributed by atoms with van der Waals surface area (Å²) < 4.78 is 22.5. The van der Waals surface area contributed by atoms with Gasteiger partial charge in [-0.25, -0.2) is 0 Å². The Morgan fingerprint density at radius 3 is 1.38 bits per heavy atom. The first kappa shape index (κ1) is 26.2. The normalized spacial score (nSPS) is 24.9. The molecule has 34 heavy (non-hydrogen) atoms. The average Bonchev–Trinajstić information content (AvgIpc) is 2.80. The standard InChI is InChI=1S/2C14H18O3/c2*1-11-7-13(15)8-14(17-11)10-16-9-12-5-3-2-4-6-12/h2*2-6,11,14H,7-10H2,1H3. The Morgan fingerprint density at radius 2 is 1.03 bits per heavy atom. The predicted octanol–water partition coefficient (Wildman–Crippen LogP) is 4.68. The van der Waals surface area contributed by atoms with E-state index in [4.69, 9.17) is 18.9 Å². The van der Waals surface area contributed by atoms with Gasteiger partial charge in [-0.3, -0.25) is 9.59 Å². The van der Waals surface area contributed by atoms with Gasteiger partial charge in [0.1, 0.15) is 11.6 Å². The molecule has 2 aliphatic heterocycles. The van der Waals surface area contributed by atoms with E-state index in [0.29, 0.717) is 52.1 Å². The van der Waals surface area contributed by atoms with Crippen LogP contribution in [0.15, 0.2) is 60.7 Å². The molecule has 0 amide bonds. The lowest BCUT2D eigenvalue weighted by atomic mass is 10.0. The van der Waals surface area contributed by atoms with Crippen LogP contribution >= 0.6 is 0 Å². The highest BCUT2D eigenvalue weighted by Gasteiger charge is 2.26. The van der Waals surface area contributed by atoms with E-state index in [-0.39, 0.29) is 36.0 Å². The molecule has 0 spiro atoms. The molecular formula is C28H36O6. The zero-order chi connectivity index (χ0) is 24.2. The van der Waals surface area contributed by atoms with Crippen LogP contribution in [0.3, 0.4) is 0 Å². The van der Waals surface area contributed by atoms with Crippen LogP contribution in [0.2, 0.25) is 0 Å². The maximum atomic E-state index is 11.4. The van der Waals surface area contributed by atoms with Crippen molar-refractivity contribution < 1.29 is 28.5 Å². The molecule has 2 aliphatic rings. The minimum Gasteiger partial charge on any atom is -0.374 e. The predicted molar refractivity (Wildman–Crippen MR) is 129 cm³/mol. The summed E-state index contributed by atoms with van der Waals surface area (Å²) in [4.78, 5) is 22.8. The maximum absolute atomic E-state index is 11.4. The molecule has 2 aromatic rings. The maximum Gasteiger partial charge on any atom is 0.138 e. The third-order valence-corrected chi connectivity index (χ3v) is 5.62. The number of benzene rings is 2. The number of ether oxygens (including phenoxy) is 4. The summed E-state index contributed by atoms with van der Waals surface area (Å²) in [6, 6.07) is 20.0. The van der Waals surface area contributed by atoms with Crippen LogP contribution in [-0.4, -0.2) is 49.2 Å². The molecule has 184 valence electrons. The largest absolute Gasteiger partial charge is 0.374 e. The highest BCUT2D eigenvalue weighted by Crippen LogP contribution is 2.17. The van der Waals surface area contributed by atoms with E-state index >= 15 is 0 Å². The third kappa shape index (κ3) is 9.85. The molecule has 2 saturated heterocycles. The molecule has 0 radical (unpaired) electrons. The molecule has 2 fully saturated rings. The van der Waals surface area contributed by atoms with Gasteiger partial charge in [0.2, 0.25) is 0 Å². The molecule has 0 saturated carbocycles. The molecule has 4 atom stereocenters. The Morgan fingerprint density at radius 1 is 0.647 bits per heavy atom. The quantitative estimate of drug-likeness (QED) is 0.560. The van der Waals surface area contributed by atoms with Crippen molar-refractivity contribution in [1.82, 2.24) is 0 Å². The fourth-order valence-electron chi connectivity index (χ4n) is 4.13.